The third kappa shape index (κ3) is 3.08. The number of nitrogens with zero attached hydrogens (tertiary/aromatic N) is 1. The molecule has 0 atom stereocenters. The van der Waals surface area contributed by atoms with Crippen LogP contribution >= 0.6 is 12.4 Å². The Labute approximate surface area is 73.3 Å². The second kappa shape index (κ2) is 4.57. The Bertz CT molecular complexity index is 132. The number of hydrogen-bond donors (Lipinski definition) is 1. The van der Waals surface area contributed by atoms with E-state index in [4.69, 9.17) is 5.73 Å². The Morgan fingerprint density at radius 1 is 1.45 bits per heavy atom. The highest BCUT2D eigenvalue weighted by atomic mass is 35.5. The van der Waals surface area contributed by atoms with Crippen LogP contribution in [0.1, 0.15) is 19.8 Å². The summed E-state index contributed by atoms with van der Waals surface area (Å²) >= 11 is 0. The lowest BCUT2D eigenvalue weighted by Gasteiger charge is -2.28. The zero-order valence-corrected chi connectivity index (χ0v) is 7.56. The van der Waals surface area contributed by atoms with Gasteiger partial charge in [0.05, 0.1) is 0 Å². The van der Waals surface area contributed by atoms with Gasteiger partial charge in [0.15, 0.2) is 0 Å². The molecule has 66 valence electrons. The highest BCUT2D eigenvalue weighted by Crippen LogP contribution is 2.07. The lowest BCUT2D eigenvalue weighted by Crippen LogP contribution is -2.41. The molecule has 0 aromatic heterocycles. The second-order valence-electron chi connectivity index (χ2n) is 2.84. The third-order valence-corrected chi connectivity index (χ3v) is 1.98. The fourth-order valence-corrected chi connectivity index (χ4v) is 1.21. The number of hydrogen-bond acceptors (Lipinski definition) is 2. The minimum absolute atomic E-state index is 0. The highest BCUT2D eigenvalue weighted by Gasteiger charge is 2.16. The fourth-order valence-electron chi connectivity index (χ4n) is 1.21. The fraction of sp³-hybridized carbons (Fsp3) is 0.857. The van der Waals surface area contributed by atoms with Crippen molar-refractivity contribution in [3.05, 3.63) is 0 Å². The molecular weight excluding hydrogens is 164 g/mol. The first-order chi connectivity index (χ1) is 4.70. The summed E-state index contributed by atoms with van der Waals surface area (Å²) in [6, 6.07) is 0.315. The third-order valence-electron chi connectivity index (χ3n) is 1.98. The number of rotatable bonds is 0. The Balaban J connectivity index is 0.000001000. The van der Waals surface area contributed by atoms with E-state index in [2.05, 4.69) is 0 Å². The van der Waals surface area contributed by atoms with Crippen LogP contribution < -0.4 is 5.73 Å². The zero-order valence-electron chi connectivity index (χ0n) is 6.75. The Morgan fingerprint density at radius 3 is 2.27 bits per heavy atom. The van der Waals surface area contributed by atoms with Crippen LogP contribution in [-0.2, 0) is 4.79 Å². The topological polar surface area (TPSA) is 46.3 Å². The predicted octanol–water partition coefficient (Wildman–Crippen LogP) is 0.378. The normalized spacial score (nSPS) is 19.3. The molecule has 0 spiro atoms. The highest BCUT2D eigenvalue weighted by molar-refractivity contribution is 5.85. The average molecular weight is 179 g/mol. The van der Waals surface area contributed by atoms with E-state index < -0.39 is 0 Å². The van der Waals surface area contributed by atoms with E-state index in [-0.39, 0.29) is 18.3 Å². The van der Waals surface area contributed by atoms with E-state index in [1.54, 1.807) is 6.92 Å². The Kier molecular flexibility index (Phi) is 4.45. The van der Waals surface area contributed by atoms with E-state index in [0.717, 1.165) is 25.9 Å². The molecule has 1 aliphatic heterocycles. The van der Waals surface area contributed by atoms with Crippen LogP contribution in [0.2, 0.25) is 0 Å². The summed E-state index contributed by atoms with van der Waals surface area (Å²) in [5, 5.41) is 0. The maximum atomic E-state index is 10.8. The quantitative estimate of drug-likeness (QED) is 0.583. The van der Waals surface area contributed by atoms with Gasteiger partial charge in [-0.05, 0) is 12.8 Å². The molecule has 1 heterocycles. The van der Waals surface area contributed by atoms with E-state index >= 15 is 0 Å². The molecule has 4 heteroatoms. The molecular formula is C7H15ClN2O. The zero-order chi connectivity index (χ0) is 7.56. The number of likely N-dealkylation sites (tertiary alicyclic amines) is 1. The molecule has 1 rings (SSSR count). The smallest absolute Gasteiger partial charge is 0.219 e. The van der Waals surface area contributed by atoms with E-state index in [9.17, 15) is 4.79 Å². The van der Waals surface area contributed by atoms with Crippen LogP contribution in [0, 0.1) is 0 Å². The molecule has 1 aliphatic rings. The maximum Gasteiger partial charge on any atom is 0.219 e. The van der Waals surface area contributed by atoms with Crippen molar-refractivity contribution >= 4 is 18.3 Å². The molecule has 0 radical (unpaired) electrons. The SMILES string of the molecule is CC(=O)N1CCC(N)CC1.Cl. The molecule has 0 bridgehead atoms. The molecule has 0 unspecified atom stereocenters. The largest absolute Gasteiger partial charge is 0.343 e. The minimum atomic E-state index is 0. The Hall–Kier alpha value is -0.280. The van der Waals surface area contributed by atoms with Gasteiger partial charge in [-0.1, -0.05) is 0 Å². The number of amides is 1. The van der Waals surface area contributed by atoms with Crippen molar-refractivity contribution in [1.29, 1.82) is 0 Å². The molecule has 0 aliphatic carbocycles. The molecule has 0 aromatic rings. The van der Waals surface area contributed by atoms with Gasteiger partial charge in [-0.2, -0.15) is 0 Å². The van der Waals surface area contributed by atoms with Gasteiger partial charge < -0.3 is 10.6 Å². The number of carbonyl (C=O) groups excluding carboxylic acids is 1. The first-order valence-corrected chi connectivity index (χ1v) is 3.71. The van der Waals surface area contributed by atoms with Crippen LogP contribution in [0.5, 0.6) is 0 Å². The standard InChI is InChI=1S/C7H14N2O.ClH/c1-6(10)9-4-2-7(8)3-5-9;/h7H,2-5,8H2,1H3;1H. The summed E-state index contributed by atoms with van der Waals surface area (Å²) in [5.74, 6) is 0.173. The molecule has 2 N–H and O–H groups in total. The van der Waals surface area contributed by atoms with E-state index in [1.807, 2.05) is 4.90 Å². The summed E-state index contributed by atoms with van der Waals surface area (Å²) in [6.45, 7) is 3.30. The molecule has 0 saturated carbocycles. The number of nitrogens with two attached hydrogens (primary N) is 1. The van der Waals surface area contributed by atoms with Gasteiger partial charge in [-0.15, -0.1) is 12.4 Å². The lowest BCUT2D eigenvalue weighted by atomic mass is 10.1. The van der Waals surface area contributed by atoms with Gasteiger partial charge >= 0.3 is 0 Å². The summed E-state index contributed by atoms with van der Waals surface area (Å²) in [7, 11) is 0. The summed E-state index contributed by atoms with van der Waals surface area (Å²) in [6.07, 6.45) is 1.92. The second-order valence-corrected chi connectivity index (χ2v) is 2.84. The van der Waals surface area contributed by atoms with Gasteiger partial charge in [0.1, 0.15) is 0 Å². The first kappa shape index (κ1) is 10.7. The van der Waals surface area contributed by atoms with Crippen LogP contribution in [-0.4, -0.2) is 29.9 Å². The molecule has 11 heavy (non-hydrogen) atoms. The molecule has 1 saturated heterocycles. The summed E-state index contributed by atoms with van der Waals surface area (Å²) in [5.41, 5.74) is 5.66. The first-order valence-electron chi connectivity index (χ1n) is 3.71. The molecule has 0 aromatic carbocycles. The summed E-state index contributed by atoms with van der Waals surface area (Å²) < 4.78 is 0. The van der Waals surface area contributed by atoms with Crippen molar-refractivity contribution in [2.45, 2.75) is 25.8 Å². The summed E-state index contributed by atoms with van der Waals surface area (Å²) in [4.78, 5) is 12.6. The van der Waals surface area contributed by atoms with Crippen LogP contribution in [0.25, 0.3) is 0 Å². The predicted molar refractivity (Wildman–Crippen MR) is 46.7 cm³/mol. The minimum Gasteiger partial charge on any atom is -0.343 e. The van der Waals surface area contributed by atoms with Gasteiger partial charge in [0, 0.05) is 26.1 Å². The average Bonchev–Trinajstić information content (AvgIpc) is 1.88. The number of carbonyl (C=O) groups is 1. The van der Waals surface area contributed by atoms with Crippen LogP contribution in [0.15, 0.2) is 0 Å². The maximum absolute atomic E-state index is 10.8. The monoisotopic (exact) mass is 178 g/mol. The number of piperidine rings is 1. The van der Waals surface area contributed by atoms with Crippen LogP contribution in [0.4, 0.5) is 0 Å². The van der Waals surface area contributed by atoms with Gasteiger partial charge in [0.25, 0.3) is 0 Å². The van der Waals surface area contributed by atoms with E-state index in [0.29, 0.717) is 6.04 Å². The molecule has 1 amide bonds. The van der Waals surface area contributed by atoms with Gasteiger partial charge in [0.2, 0.25) is 5.91 Å². The lowest BCUT2D eigenvalue weighted by molar-refractivity contribution is -0.129. The van der Waals surface area contributed by atoms with E-state index in [1.165, 1.54) is 0 Å². The van der Waals surface area contributed by atoms with Gasteiger partial charge in [-0.3, -0.25) is 4.79 Å². The van der Waals surface area contributed by atoms with Crippen molar-refractivity contribution in [2.24, 2.45) is 5.73 Å². The molecule has 3 nitrogen and oxygen atoms in total. The van der Waals surface area contributed by atoms with Crippen molar-refractivity contribution in [2.75, 3.05) is 13.1 Å². The van der Waals surface area contributed by atoms with Crippen molar-refractivity contribution in [3.63, 3.8) is 0 Å². The van der Waals surface area contributed by atoms with Crippen molar-refractivity contribution < 1.29 is 4.79 Å². The van der Waals surface area contributed by atoms with Crippen molar-refractivity contribution in [1.82, 2.24) is 4.90 Å². The van der Waals surface area contributed by atoms with Crippen molar-refractivity contribution in [3.8, 4) is 0 Å². The van der Waals surface area contributed by atoms with Crippen LogP contribution in [0.3, 0.4) is 0 Å². The number of halogens is 1. The molecule has 1 fully saturated rings. The van der Waals surface area contributed by atoms with Gasteiger partial charge in [-0.25, -0.2) is 0 Å². The Morgan fingerprint density at radius 2 is 1.91 bits per heavy atom.